The van der Waals surface area contributed by atoms with Crippen LogP contribution in [0.25, 0.3) is 0 Å². The summed E-state index contributed by atoms with van der Waals surface area (Å²) in [7, 11) is 0. The molecule has 5 aliphatic rings. The summed E-state index contributed by atoms with van der Waals surface area (Å²) in [5.41, 5.74) is -0.849. The highest BCUT2D eigenvalue weighted by Gasteiger charge is 2.69. The predicted molar refractivity (Wildman–Crippen MR) is 95.4 cm³/mol. The van der Waals surface area contributed by atoms with Crippen LogP contribution >= 0.6 is 0 Å². The summed E-state index contributed by atoms with van der Waals surface area (Å²) in [4.78, 5) is 24.1. The van der Waals surface area contributed by atoms with Crippen molar-refractivity contribution in [3.05, 3.63) is 0 Å². The summed E-state index contributed by atoms with van der Waals surface area (Å²) in [6.07, 6.45) is -10.2. The highest BCUT2D eigenvalue weighted by Crippen LogP contribution is 2.60. The van der Waals surface area contributed by atoms with E-state index in [-0.39, 0.29) is 50.7 Å². The molecule has 2 N–H and O–H groups in total. The smallest absolute Gasteiger partial charge is 0.368 e. The average Bonchev–Trinajstić information content (AvgIpc) is 2.53. The SMILES string of the molecule is O=C(CO[C@H]1C[C@@H](OC(F)(F)F)C1)NC12CC(NC(=O)CO[C@H]3C[C@H](OC(F)(F)F)C3)(C1)C2. The van der Waals surface area contributed by atoms with Gasteiger partial charge >= 0.3 is 12.7 Å². The molecule has 33 heavy (non-hydrogen) atoms. The molecule has 0 unspecified atom stereocenters. The third kappa shape index (κ3) is 6.28. The van der Waals surface area contributed by atoms with Crippen molar-refractivity contribution in [1.29, 1.82) is 0 Å². The molecule has 0 radical (unpaired) electrons. The molecular weight excluding hydrogens is 466 g/mol. The molecule has 8 nitrogen and oxygen atoms in total. The highest BCUT2D eigenvalue weighted by molar-refractivity contribution is 5.81. The molecule has 0 saturated heterocycles. The largest absolute Gasteiger partial charge is 0.522 e. The lowest BCUT2D eigenvalue weighted by Gasteiger charge is -2.70. The molecule has 0 atom stereocenters. The van der Waals surface area contributed by atoms with Gasteiger partial charge in [-0.15, -0.1) is 26.3 Å². The second-order valence-corrected chi connectivity index (χ2v) is 9.37. The molecule has 2 amide bonds. The summed E-state index contributed by atoms with van der Waals surface area (Å²) >= 11 is 0. The maximum Gasteiger partial charge on any atom is 0.522 e. The maximum atomic E-state index is 12.1. The molecule has 0 heterocycles. The molecule has 0 spiro atoms. The van der Waals surface area contributed by atoms with Crippen LogP contribution in [0.15, 0.2) is 0 Å². The summed E-state index contributed by atoms with van der Waals surface area (Å²) in [5, 5.41) is 5.68. The van der Waals surface area contributed by atoms with Crippen LogP contribution in [0.2, 0.25) is 0 Å². The number of nitrogens with one attached hydrogen (secondary N) is 2. The number of hydrogen-bond donors (Lipinski definition) is 2. The minimum atomic E-state index is -4.68. The summed E-state index contributed by atoms with van der Waals surface area (Å²) in [6, 6.07) is 0. The van der Waals surface area contributed by atoms with Crippen LogP contribution in [-0.4, -0.2) is 73.2 Å². The van der Waals surface area contributed by atoms with E-state index in [1.807, 2.05) is 0 Å². The number of halogens is 6. The van der Waals surface area contributed by atoms with E-state index in [4.69, 9.17) is 9.47 Å². The third-order valence-electron chi connectivity index (χ3n) is 6.44. The van der Waals surface area contributed by atoms with Gasteiger partial charge in [0.2, 0.25) is 11.8 Å². The fourth-order valence-corrected chi connectivity index (χ4v) is 4.98. The van der Waals surface area contributed by atoms with Crippen molar-refractivity contribution in [2.75, 3.05) is 13.2 Å². The lowest BCUT2D eigenvalue weighted by atomic mass is 9.44. The summed E-state index contributed by atoms with van der Waals surface area (Å²) < 4.78 is 90.8. The van der Waals surface area contributed by atoms with Gasteiger partial charge in [0.15, 0.2) is 0 Å². The van der Waals surface area contributed by atoms with Crippen LogP contribution in [0.1, 0.15) is 44.9 Å². The van der Waals surface area contributed by atoms with Gasteiger partial charge in [0, 0.05) is 36.8 Å². The van der Waals surface area contributed by atoms with Crippen LogP contribution in [0.3, 0.4) is 0 Å². The monoisotopic (exact) mass is 490 g/mol. The minimum Gasteiger partial charge on any atom is -0.368 e. The van der Waals surface area contributed by atoms with Crippen molar-refractivity contribution in [3.8, 4) is 0 Å². The van der Waals surface area contributed by atoms with Crippen LogP contribution in [0.4, 0.5) is 26.3 Å². The molecule has 0 aromatic rings. The number of carbonyl (C=O) groups is 2. The number of carbonyl (C=O) groups excluding carboxylic acids is 2. The molecule has 0 aliphatic heterocycles. The number of alkyl halides is 6. The number of ether oxygens (including phenoxy) is 4. The fourth-order valence-electron chi connectivity index (χ4n) is 4.98. The maximum absolute atomic E-state index is 12.1. The van der Waals surface area contributed by atoms with E-state index in [0.717, 1.165) is 0 Å². The molecule has 5 aliphatic carbocycles. The Kier molecular flexibility index (Phi) is 6.34. The zero-order valence-corrected chi connectivity index (χ0v) is 17.4. The zero-order valence-electron chi connectivity index (χ0n) is 17.4. The standard InChI is InChI=1S/C19H24F6N2O6/c20-18(21,22)32-12-1-10(2-12)30-5-14(28)26-16-7-17(8-16,9-16)27-15(29)6-31-11-3-13(4-11)33-19(23,24)25/h10-13H,1-9H2,(H,26,28)(H,27,29)/t10-,11-,12-,13+,16?,17?. The molecule has 2 bridgehead atoms. The first-order valence-electron chi connectivity index (χ1n) is 10.6. The third-order valence-corrected chi connectivity index (χ3v) is 6.44. The van der Waals surface area contributed by atoms with E-state index in [0.29, 0.717) is 19.3 Å². The first-order chi connectivity index (χ1) is 15.2. The Morgan fingerprint density at radius 1 is 0.667 bits per heavy atom. The van der Waals surface area contributed by atoms with Gasteiger partial charge in [-0.25, -0.2) is 0 Å². The normalized spacial score (nSPS) is 37.2. The highest BCUT2D eigenvalue weighted by atomic mass is 19.4. The average molecular weight is 490 g/mol. The van der Waals surface area contributed by atoms with Gasteiger partial charge in [0.1, 0.15) is 13.2 Å². The number of amides is 2. The Hall–Kier alpha value is -1.64. The van der Waals surface area contributed by atoms with Crippen molar-refractivity contribution in [2.45, 2.75) is 93.2 Å². The molecule has 5 saturated carbocycles. The lowest BCUT2D eigenvalue weighted by Crippen LogP contribution is -2.84. The topological polar surface area (TPSA) is 95.1 Å². The Bertz CT molecular complexity index is 683. The Labute approximate surface area is 184 Å². The van der Waals surface area contributed by atoms with E-state index in [2.05, 4.69) is 20.1 Å². The van der Waals surface area contributed by atoms with E-state index >= 15 is 0 Å². The minimum absolute atomic E-state index is 0.0754. The van der Waals surface area contributed by atoms with Crippen LogP contribution in [0, 0.1) is 0 Å². The van der Waals surface area contributed by atoms with Crippen molar-refractivity contribution < 1.29 is 54.9 Å². The van der Waals surface area contributed by atoms with Gasteiger partial charge < -0.3 is 20.1 Å². The second kappa shape index (κ2) is 8.54. The summed E-state index contributed by atoms with van der Waals surface area (Å²) in [5.74, 6) is -0.752. The molecular formula is C19H24F6N2O6. The van der Waals surface area contributed by atoms with Crippen LogP contribution in [0.5, 0.6) is 0 Å². The van der Waals surface area contributed by atoms with E-state index in [9.17, 15) is 35.9 Å². The molecule has 5 rings (SSSR count). The van der Waals surface area contributed by atoms with Gasteiger partial charge in [0.05, 0.1) is 24.4 Å². The first-order valence-corrected chi connectivity index (χ1v) is 10.6. The van der Waals surface area contributed by atoms with Crippen LogP contribution < -0.4 is 10.6 Å². The van der Waals surface area contributed by atoms with Crippen molar-refractivity contribution >= 4 is 11.8 Å². The van der Waals surface area contributed by atoms with Gasteiger partial charge in [-0.2, -0.15) is 0 Å². The quantitative estimate of drug-likeness (QED) is 0.456. The fraction of sp³-hybridized carbons (Fsp3) is 0.895. The van der Waals surface area contributed by atoms with E-state index < -0.39 is 48.2 Å². The first kappa shape index (κ1) is 24.5. The molecule has 0 aromatic carbocycles. The Balaban J connectivity index is 1.04. The molecule has 0 aromatic heterocycles. The van der Waals surface area contributed by atoms with Gasteiger partial charge in [-0.3, -0.25) is 19.1 Å². The van der Waals surface area contributed by atoms with Crippen molar-refractivity contribution in [3.63, 3.8) is 0 Å². The predicted octanol–water partition coefficient (Wildman–Crippen LogP) is 2.06. The van der Waals surface area contributed by atoms with Crippen molar-refractivity contribution in [1.82, 2.24) is 10.6 Å². The van der Waals surface area contributed by atoms with Gasteiger partial charge in [0.25, 0.3) is 0 Å². The van der Waals surface area contributed by atoms with E-state index in [1.165, 1.54) is 0 Å². The van der Waals surface area contributed by atoms with Crippen molar-refractivity contribution in [2.24, 2.45) is 0 Å². The molecule has 14 heteroatoms. The Morgan fingerprint density at radius 2 is 1.00 bits per heavy atom. The van der Waals surface area contributed by atoms with Gasteiger partial charge in [-0.05, 0) is 19.3 Å². The molecule has 5 fully saturated rings. The Morgan fingerprint density at radius 3 is 1.30 bits per heavy atom. The molecule has 188 valence electrons. The van der Waals surface area contributed by atoms with Crippen LogP contribution in [-0.2, 0) is 28.5 Å². The number of rotatable bonds is 10. The lowest BCUT2D eigenvalue weighted by molar-refractivity contribution is -0.358. The zero-order chi connectivity index (χ0) is 24.1. The van der Waals surface area contributed by atoms with Gasteiger partial charge in [-0.1, -0.05) is 0 Å². The summed E-state index contributed by atoms with van der Waals surface area (Å²) in [6.45, 7) is -0.530. The second-order valence-electron chi connectivity index (χ2n) is 9.37. The number of hydrogen-bond acceptors (Lipinski definition) is 6. The van der Waals surface area contributed by atoms with E-state index in [1.54, 1.807) is 0 Å².